The summed E-state index contributed by atoms with van der Waals surface area (Å²) in [6.45, 7) is 7.42. The number of carbonyl (C=O) groups excluding carboxylic acids is 1. The Morgan fingerprint density at radius 2 is 1.67 bits per heavy atom. The Bertz CT molecular complexity index is 274. The second kappa shape index (κ2) is 2.20. The van der Waals surface area contributed by atoms with Gasteiger partial charge in [0.25, 0.3) is 0 Å². The summed E-state index contributed by atoms with van der Waals surface area (Å²) in [5.41, 5.74) is 0.483. The normalized spacial score (nSPS) is 24.3. The average molecular weight is 167 g/mol. The van der Waals surface area contributed by atoms with Gasteiger partial charge in [-0.1, -0.05) is 5.16 Å². The van der Waals surface area contributed by atoms with Gasteiger partial charge in [0.2, 0.25) is 0 Å². The highest BCUT2D eigenvalue weighted by Crippen LogP contribution is 2.54. The summed E-state index contributed by atoms with van der Waals surface area (Å²) in [4.78, 5) is 10.6. The molecule has 0 aromatic rings. The minimum atomic E-state index is -0.417. The molecule has 1 saturated carbocycles. The summed E-state index contributed by atoms with van der Waals surface area (Å²) in [5, 5.41) is 11.9. The highest BCUT2D eigenvalue weighted by molar-refractivity contribution is 6.09. The number of hydrogen-bond donors (Lipinski definition) is 1. The zero-order valence-corrected chi connectivity index (χ0v) is 7.80. The van der Waals surface area contributed by atoms with E-state index in [1.54, 1.807) is 0 Å². The summed E-state index contributed by atoms with van der Waals surface area (Å²) < 4.78 is 0. The predicted octanol–water partition coefficient (Wildman–Crippen LogP) is 1.64. The molecule has 12 heavy (non-hydrogen) atoms. The van der Waals surface area contributed by atoms with Crippen LogP contribution in [0.25, 0.3) is 0 Å². The molecular formula is C9H13NO2. The van der Waals surface area contributed by atoms with Crippen molar-refractivity contribution in [3.8, 4) is 0 Å². The zero-order valence-electron chi connectivity index (χ0n) is 7.80. The third-order valence-corrected chi connectivity index (χ3v) is 2.64. The molecule has 0 atom stereocenters. The van der Waals surface area contributed by atoms with Crippen LogP contribution < -0.4 is 0 Å². The lowest BCUT2D eigenvalue weighted by molar-refractivity contribution is 0.275. The molecule has 0 bridgehead atoms. The summed E-state index contributed by atoms with van der Waals surface area (Å²) in [6.07, 6.45) is 0. The van der Waals surface area contributed by atoms with E-state index in [0.717, 1.165) is 0 Å². The molecule has 0 heterocycles. The molecule has 1 fully saturated rings. The number of allylic oxidation sites excluding steroid dienone is 1. The number of nitrogens with zero attached hydrogens (tertiary/aromatic N) is 1. The van der Waals surface area contributed by atoms with E-state index in [9.17, 15) is 4.79 Å². The standard InChI is InChI=1S/C9H13NO2/c1-8(2)6(5-11)9(3,4)7(8)10-12/h12H,1-4H3. The highest BCUT2D eigenvalue weighted by atomic mass is 16.4. The molecule has 0 amide bonds. The van der Waals surface area contributed by atoms with Crippen molar-refractivity contribution in [1.29, 1.82) is 0 Å². The van der Waals surface area contributed by atoms with Crippen molar-refractivity contribution in [2.24, 2.45) is 16.0 Å². The fourth-order valence-electron chi connectivity index (χ4n) is 2.24. The van der Waals surface area contributed by atoms with E-state index >= 15 is 0 Å². The molecule has 0 aliphatic heterocycles. The van der Waals surface area contributed by atoms with Gasteiger partial charge in [-0.15, -0.1) is 0 Å². The van der Waals surface area contributed by atoms with Gasteiger partial charge in [-0.05, 0) is 27.7 Å². The molecule has 0 saturated heterocycles. The molecule has 1 aliphatic carbocycles. The van der Waals surface area contributed by atoms with E-state index in [4.69, 9.17) is 5.21 Å². The van der Waals surface area contributed by atoms with Crippen LogP contribution in [0, 0.1) is 10.8 Å². The van der Waals surface area contributed by atoms with E-state index < -0.39 is 10.8 Å². The van der Waals surface area contributed by atoms with Crippen molar-refractivity contribution in [3.05, 3.63) is 5.57 Å². The lowest BCUT2D eigenvalue weighted by Crippen LogP contribution is -2.54. The van der Waals surface area contributed by atoms with E-state index in [2.05, 4.69) is 5.16 Å². The maximum absolute atomic E-state index is 10.6. The summed E-state index contributed by atoms with van der Waals surface area (Å²) >= 11 is 0. The average Bonchev–Trinajstić information content (AvgIpc) is 1.85. The first-order chi connectivity index (χ1) is 5.39. The third kappa shape index (κ3) is 0.772. The van der Waals surface area contributed by atoms with Crippen LogP contribution >= 0.6 is 0 Å². The number of oxime groups is 1. The smallest absolute Gasteiger partial charge is 0.125 e. The lowest BCUT2D eigenvalue weighted by atomic mass is 9.51. The Balaban J connectivity index is 3.24. The Labute approximate surface area is 71.8 Å². The van der Waals surface area contributed by atoms with Gasteiger partial charge in [0, 0.05) is 16.4 Å². The predicted molar refractivity (Wildman–Crippen MR) is 46.0 cm³/mol. The first-order valence-corrected chi connectivity index (χ1v) is 3.88. The first kappa shape index (κ1) is 9.01. The molecule has 1 aliphatic rings. The van der Waals surface area contributed by atoms with Crippen molar-refractivity contribution in [2.45, 2.75) is 27.7 Å². The van der Waals surface area contributed by atoms with Crippen LogP contribution in [0.3, 0.4) is 0 Å². The van der Waals surface area contributed by atoms with Crippen LogP contribution in [-0.2, 0) is 4.79 Å². The molecule has 0 spiro atoms. The van der Waals surface area contributed by atoms with Gasteiger partial charge < -0.3 is 5.21 Å². The monoisotopic (exact) mass is 167 g/mol. The molecule has 3 nitrogen and oxygen atoms in total. The van der Waals surface area contributed by atoms with Gasteiger partial charge in [-0.3, -0.25) is 0 Å². The third-order valence-electron chi connectivity index (χ3n) is 2.64. The summed E-state index contributed by atoms with van der Waals surface area (Å²) in [6, 6.07) is 0. The topological polar surface area (TPSA) is 49.7 Å². The second-order valence-corrected chi connectivity index (χ2v) is 4.18. The van der Waals surface area contributed by atoms with Crippen molar-refractivity contribution in [2.75, 3.05) is 0 Å². The summed E-state index contributed by atoms with van der Waals surface area (Å²) in [7, 11) is 0. The van der Waals surface area contributed by atoms with E-state index in [0.29, 0.717) is 11.3 Å². The quantitative estimate of drug-likeness (QED) is 0.339. The SMILES string of the molecule is CC1(C)C(=C=O)C(C)(C)C1=NO. The fourth-order valence-corrected chi connectivity index (χ4v) is 2.24. The van der Waals surface area contributed by atoms with Gasteiger partial charge in [0.15, 0.2) is 0 Å². The molecule has 0 aromatic heterocycles. The largest absolute Gasteiger partial charge is 0.411 e. The maximum atomic E-state index is 10.6. The van der Waals surface area contributed by atoms with Gasteiger partial charge in [0.1, 0.15) is 5.94 Å². The van der Waals surface area contributed by atoms with Crippen molar-refractivity contribution in [3.63, 3.8) is 0 Å². The molecule has 3 heteroatoms. The Morgan fingerprint density at radius 1 is 1.25 bits per heavy atom. The minimum Gasteiger partial charge on any atom is -0.411 e. The minimum absolute atomic E-state index is 0.417. The summed E-state index contributed by atoms with van der Waals surface area (Å²) in [5.74, 6) is 1.92. The van der Waals surface area contributed by atoms with Crippen LogP contribution in [0.1, 0.15) is 27.7 Å². The molecule has 0 aromatic carbocycles. The highest BCUT2D eigenvalue weighted by Gasteiger charge is 2.56. The molecule has 1 rings (SSSR count). The van der Waals surface area contributed by atoms with Crippen LogP contribution in [0.2, 0.25) is 0 Å². The Kier molecular flexibility index (Phi) is 1.66. The lowest BCUT2D eigenvalue weighted by Gasteiger charge is -2.50. The Morgan fingerprint density at radius 3 is 1.92 bits per heavy atom. The maximum Gasteiger partial charge on any atom is 0.125 e. The van der Waals surface area contributed by atoms with Gasteiger partial charge in [0.05, 0.1) is 5.71 Å². The first-order valence-electron chi connectivity index (χ1n) is 3.88. The molecule has 1 N–H and O–H groups in total. The van der Waals surface area contributed by atoms with E-state index in [-0.39, 0.29) is 0 Å². The van der Waals surface area contributed by atoms with Crippen molar-refractivity contribution < 1.29 is 10.0 Å². The fraction of sp³-hybridized carbons (Fsp3) is 0.667. The second-order valence-electron chi connectivity index (χ2n) is 4.18. The Hall–Kier alpha value is -1.08. The van der Waals surface area contributed by atoms with Crippen LogP contribution in [0.4, 0.5) is 0 Å². The molecule has 66 valence electrons. The molecule has 0 unspecified atom stereocenters. The van der Waals surface area contributed by atoms with Crippen molar-refractivity contribution in [1.82, 2.24) is 0 Å². The number of hydrogen-bond acceptors (Lipinski definition) is 3. The number of rotatable bonds is 0. The van der Waals surface area contributed by atoms with Crippen molar-refractivity contribution >= 4 is 11.7 Å². The van der Waals surface area contributed by atoms with Crippen LogP contribution in [-0.4, -0.2) is 16.9 Å². The van der Waals surface area contributed by atoms with Gasteiger partial charge >= 0.3 is 0 Å². The van der Waals surface area contributed by atoms with Gasteiger partial charge in [-0.2, -0.15) is 0 Å². The molecular weight excluding hydrogens is 154 g/mol. The zero-order chi connectivity index (χ0) is 9.57. The van der Waals surface area contributed by atoms with Crippen LogP contribution in [0.5, 0.6) is 0 Å². The van der Waals surface area contributed by atoms with E-state index in [1.165, 1.54) is 0 Å². The molecule has 0 radical (unpaired) electrons. The van der Waals surface area contributed by atoms with Gasteiger partial charge in [-0.25, -0.2) is 4.79 Å². The van der Waals surface area contributed by atoms with Crippen LogP contribution in [0.15, 0.2) is 10.7 Å². The van der Waals surface area contributed by atoms with E-state index in [1.807, 2.05) is 33.6 Å².